The second kappa shape index (κ2) is 5.89. The Labute approximate surface area is 137 Å². The number of benzene rings is 2. The zero-order valence-corrected chi connectivity index (χ0v) is 13.4. The molecule has 0 fully saturated rings. The Morgan fingerprint density at radius 3 is 2.43 bits per heavy atom. The van der Waals surface area contributed by atoms with Crippen molar-refractivity contribution < 1.29 is 9.21 Å². The van der Waals surface area contributed by atoms with Crippen molar-refractivity contribution in [1.29, 1.82) is 0 Å². The van der Waals surface area contributed by atoms with Crippen LogP contribution in [0.3, 0.4) is 0 Å². The molecule has 0 unspecified atom stereocenters. The lowest BCUT2D eigenvalue weighted by Crippen LogP contribution is -2.20. The Kier molecular flexibility index (Phi) is 3.92. The van der Waals surface area contributed by atoms with Crippen molar-refractivity contribution >= 4 is 34.2 Å². The van der Waals surface area contributed by atoms with Crippen LogP contribution in [-0.2, 0) is 0 Å². The molecule has 1 heterocycles. The van der Waals surface area contributed by atoms with Gasteiger partial charge in [0.05, 0.1) is 0 Å². The van der Waals surface area contributed by atoms with Gasteiger partial charge in [0.1, 0.15) is 11.1 Å². The van der Waals surface area contributed by atoms with Crippen LogP contribution < -0.4 is 10.9 Å². The summed E-state index contributed by atoms with van der Waals surface area (Å²) < 4.78 is 5.18. The average molecular weight is 328 g/mol. The number of carbonyl (C=O) groups is 1. The van der Waals surface area contributed by atoms with E-state index >= 15 is 0 Å². The van der Waals surface area contributed by atoms with Crippen LogP contribution in [0.1, 0.15) is 21.5 Å². The molecule has 0 bridgehead atoms. The first-order chi connectivity index (χ1) is 10.9. The van der Waals surface area contributed by atoms with E-state index in [1.165, 1.54) is 6.07 Å². The van der Waals surface area contributed by atoms with Crippen LogP contribution in [0.4, 0.5) is 5.69 Å². The summed E-state index contributed by atoms with van der Waals surface area (Å²) in [5, 5.41) is 3.83. The minimum atomic E-state index is -0.679. The van der Waals surface area contributed by atoms with Gasteiger partial charge in [-0.1, -0.05) is 17.7 Å². The number of hydrogen-bond donors (Lipinski definition) is 1. The highest BCUT2D eigenvalue weighted by molar-refractivity contribution is 6.31. The van der Waals surface area contributed by atoms with Crippen molar-refractivity contribution in [1.82, 2.24) is 0 Å². The van der Waals surface area contributed by atoms with Gasteiger partial charge in [0.2, 0.25) is 0 Å². The van der Waals surface area contributed by atoms with E-state index in [-0.39, 0.29) is 5.56 Å². The molecule has 23 heavy (non-hydrogen) atoms. The van der Waals surface area contributed by atoms with Gasteiger partial charge in [-0.05, 0) is 61.4 Å². The molecule has 0 aliphatic carbocycles. The number of hydrogen-bond acceptors (Lipinski definition) is 3. The molecule has 0 aliphatic rings. The highest BCUT2D eigenvalue weighted by Gasteiger charge is 2.14. The molecule has 116 valence electrons. The molecular weight excluding hydrogens is 314 g/mol. The van der Waals surface area contributed by atoms with E-state index < -0.39 is 11.5 Å². The molecule has 0 atom stereocenters. The van der Waals surface area contributed by atoms with Gasteiger partial charge in [-0.3, -0.25) is 4.79 Å². The van der Waals surface area contributed by atoms with Gasteiger partial charge in [0.25, 0.3) is 5.91 Å². The van der Waals surface area contributed by atoms with Crippen LogP contribution >= 0.6 is 11.6 Å². The number of amides is 1. The smallest absolute Gasteiger partial charge is 0.349 e. The molecule has 3 rings (SSSR count). The third-order valence-electron chi connectivity index (χ3n) is 3.42. The van der Waals surface area contributed by atoms with Gasteiger partial charge in [-0.15, -0.1) is 0 Å². The molecular formula is C18H14ClNO3. The molecule has 1 amide bonds. The fraction of sp³-hybridized carbons (Fsp3) is 0.111. The van der Waals surface area contributed by atoms with Crippen LogP contribution in [0.15, 0.2) is 51.7 Å². The van der Waals surface area contributed by atoms with Gasteiger partial charge >= 0.3 is 5.63 Å². The van der Waals surface area contributed by atoms with Crippen molar-refractivity contribution in [3.05, 3.63) is 74.6 Å². The molecule has 0 saturated heterocycles. The van der Waals surface area contributed by atoms with Crippen molar-refractivity contribution in [2.45, 2.75) is 13.8 Å². The number of anilines is 1. The largest absolute Gasteiger partial charge is 0.422 e. The zero-order valence-electron chi connectivity index (χ0n) is 12.6. The predicted molar refractivity (Wildman–Crippen MR) is 91.4 cm³/mol. The van der Waals surface area contributed by atoms with Crippen LogP contribution in [0, 0.1) is 13.8 Å². The molecule has 0 radical (unpaired) electrons. The quantitative estimate of drug-likeness (QED) is 0.713. The molecule has 1 aromatic heterocycles. The normalized spacial score (nSPS) is 10.7. The number of rotatable bonds is 2. The van der Waals surface area contributed by atoms with Gasteiger partial charge in [0, 0.05) is 16.1 Å². The lowest BCUT2D eigenvalue weighted by molar-refractivity contribution is 0.102. The second-order valence-corrected chi connectivity index (χ2v) is 5.90. The lowest BCUT2D eigenvalue weighted by Gasteiger charge is -2.07. The van der Waals surface area contributed by atoms with E-state index in [2.05, 4.69) is 5.32 Å². The summed E-state index contributed by atoms with van der Waals surface area (Å²) in [5.41, 5.74) is 2.34. The fourth-order valence-electron chi connectivity index (χ4n) is 2.50. The van der Waals surface area contributed by atoms with E-state index in [0.717, 1.165) is 11.1 Å². The van der Waals surface area contributed by atoms with E-state index in [4.69, 9.17) is 16.0 Å². The summed E-state index contributed by atoms with van der Waals surface area (Å²) in [6, 6.07) is 12.0. The summed E-state index contributed by atoms with van der Waals surface area (Å²) in [6.07, 6.45) is 0. The molecule has 4 nitrogen and oxygen atoms in total. The third kappa shape index (κ3) is 3.27. The van der Waals surface area contributed by atoms with Crippen molar-refractivity contribution in [3.8, 4) is 0 Å². The summed E-state index contributed by atoms with van der Waals surface area (Å²) in [6.45, 7) is 3.88. The molecule has 1 N–H and O–H groups in total. The number of nitrogens with one attached hydrogen (secondary N) is 1. The van der Waals surface area contributed by atoms with E-state index in [9.17, 15) is 9.59 Å². The van der Waals surface area contributed by atoms with Gasteiger partial charge in [-0.2, -0.15) is 0 Å². The Balaban J connectivity index is 2.00. The van der Waals surface area contributed by atoms with E-state index in [1.807, 2.05) is 32.0 Å². The summed E-state index contributed by atoms with van der Waals surface area (Å²) in [7, 11) is 0. The molecule has 5 heteroatoms. The summed E-state index contributed by atoms with van der Waals surface area (Å²) in [5.74, 6) is -0.509. The Hall–Kier alpha value is -2.59. The first kappa shape index (κ1) is 15.3. The van der Waals surface area contributed by atoms with Crippen LogP contribution in [0.25, 0.3) is 11.0 Å². The molecule has 3 aromatic rings. The molecule has 0 saturated carbocycles. The zero-order chi connectivity index (χ0) is 16.6. The van der Waals surface area contributed by atoms with Crippen molar-refractivity contribution in [2.24, 2.45) is 0 Å². The van der Waals surface area contributed by atoms with Gasteiger partial charge in [0.15, 0.2) is 0 Å². The molecule has 0 spiro atoms. The third-order valence-corrected chi connectivity index (χ3v) is 3.65. The Bertz CT molecular complexity index is 955. The molecule has 2 aromatic carbocycles. The van der Waals surface area contributed by atoms with Crippen molar-refractivity contribution in [3.63, 3.8) is 0 Å². The predicted octanol–water partition coefficient (Wildman–Crippen LogP) is 4.32. The standard InChI is InChI=1S/C18H14ClNO3/c1-10-5-11(2)7-14(6-10)20-17(21)15-9-12-8-13(19)3-4-16(12)23-18(15)22/h3-9H,1-2H3,(H,20,21). The SMILES string of the molecule is Cc1cc(C)cc(NC(=O)c2cc3cc(Cl)ccc3oc2=O)c1. The van der Waals surface area contributed by atoms with Crippen LogP contribution in [0.5, 0.6) is 0 Å². The summed E-state index contributed by atoms with van der Waals surface area (Å²) in [4.78, 5) is 24.4. The van der Waals surface area contributed by atoms with E-state index in [0.29, 0.717) is 21.7 Å². The van der Waals surface area contributed by atoms with Crippen molar-refractivity contribution in [2.75, 3.05) is 5.32 Å². The first-order valence-electron chi connectivity index (χ1n) is 7.05. The maximum atomic E-state index is 12.4. The lowest BCUT2D eigenvalue weighted by atomic mass is 10.1. The monoisotopic (exact) mass is 327 g/mol. The highest BCUT2D eigenvalue weighted by Crippen LogP contribution is 2.20. The number of aryl methyl sites for hydroxylation is 2. The number of carbonyl (C=O) groups excluding carboxylic acids is 1. The van der Waals surface area contributed by atoms with Crippen LogP contribution in [-0.4, -0.2) is 5.91 Å². The van der Waals surface area contributed by atoms with Gasteiger partial charge < -0.3 is 9.73 Å². The minimum absolute atomic E-state index is 0.0566. The molecule has 0 aliphatic heterocycles. The second-order valence-electron chi connectivity index (χ2n) is 5.46. The maximum absolute atomic E-state index is 12.4. The topological polar surface area (TPSA) is 59.3 Å². The van der Waals surface area contributed by atoms with Gasteiger partial charge in [-0.25, -0.2) is 4.79 Å². The highest BCUT2D eigenvalue weighted by atomic mass is 35.5. The number of halogens is 1. The van der Waals surface area contributed by atoms with Crippen LogP contribution in [0.2, 0.25) is 5.02 Å². The maximum Gasteiger partial charge on any atom is 0.349 e. The first-order valence-corrected chi connectivity index (χ1v) is 7.43. The average Bonchev–Trinajstić information content (AvgIpc) is 2.45. The Morgan fingerprint density at radius 1 is 1.04 bits per heavy atom. The Morgan fingerprint density at radius 2 is 1.74 bits per heavy atom. The minimum Gasteiger partial charge on any atom is -0.422 e. The summed E-state index contributed by atoms with van der Waals surface area (Å²) >= 11 is 5.93. The van der Waals surface area contributed by atoms with E-state index in [1.54, 1.807) is 18.2 Å². The number of fused-ring (bicyclic) bond motifs is 1. The fourth-order valence-corrected chi connectivity index (χ4v) is 2.68.